The lowest BCUT2D eigenvalue weighted by molar-refractivity contribution is 0.0907. The number of nitrogens with zero attached hydrogens (tertiary/aromatic N) is 5. The van der Waals surface area contributed by atoms with Gasteiger partial charge in [-0.25, -0.2) is 9.97 Å². The van der Waals surface area contributed by atoms with Crippen LogP contribution >= 0.6 is 0 Å². The molecule has 0 aliphatic heterocycles. The van der Waals surface area contributed by atoms with Crippen molar-refractivity contribution in [2.45, 2.75) is 25.9 Å². The van der Waals surface area contributed by atoms with E-state index in [1.54, 1.807) is 43.0 Å². The molecular weight excluding hydrogens is 504 g/mol. The zero-order valence-corrected chi connectivity index (χ0v) is 21.8. The molecule has 9 nitrogen and oxygen atoms in total. The Morgan fingerprint density at radius 2 is 1.93 bits per heavy atom. The first kappa shape index (κ1) is 25.0. The number of hydrogen-bond acceptors (Lipinski definition) is 6. The predicted molar refractivity (Wildman–Crippen MR) is 150 cm³/mol. The van der Waals surface area contributed by atoms with Gasteiger partial charge in [0.25, 0.3) is 5.91 Å². The Bertz CT molecular complexity index is 1770. The Labute approximate surface area is 230 Å². The van der Waals surface area contributed by atoms with Crippen LogP contribution in [0.3, 0.4) is 0 Å². The quantitative estimate of drug-likeness (QED) is 0.250. The number of rotatable bonds is 9. The molecule has 1 N–H and O–H groups in total. The number of furan rings is 1. The third kappa shape index (κ3) is 4.92. The molecule has 0 saturated heterocycles. The zero-order chi connectivity index (χ0) is 27.5. The summed E-state index contributed by atoms with van der Waals surface area (Å²) in [5.41, 5.74) is 4.84. The van der Waals surface area contributed by atoms with E-state index >= 15 is 0 Å². The normalized spacial score (nSPS) is 11.9. The molecule has 2 aromatic carbocycles. The number of pyridine rings is 1. The minimum absolute atomic E-state index is 0.161. The van der Waals surface area contributed by atoms with Gasteiger partial charge in [0.2, 0.25) is 0 Å². The molecule has 0 spiro atoms. The summed E-state index contributed by atoms with van der Waals surface area (Å²) in [7, 11) is 0. The number of nitrogens with one attached hydrogen (secondary N) is 1. The summed E-state index contributed by atoms with van der Waals surface area (Å²) in [6.45, 7) is 2.71. The molecular formula is C31H26N6O3. The van der Waals surface area contributed by atoms with Crippen molar-refractivity contribution in [3.63, 3.8) is 0 Å². The van der Waals surface area contributed by atoms with E-state index in [-0.39, 0.29) is 11.7 Å². The molecule has 4 heterocycles. The molecule has 1 amide bonds. The monoisotopic (exact) mass is 530 g/mol. The van der Waals surface area contributed by atoms with Gasteiger partial charge in [-0.15, -0.1) is 0 Å². The summed E-state index contributed by atoms with van der Waals surface area (Å²) in [6.07, 6.45) is 10.2. The van der Waals surface area contributed by atoms with E-state index in [1.165, 1.54) is 0 Å². The fraction of sp³-hybridized carbons (Fsp3) is 0.129. The van der Waals surface area contributed by atoms with E-state index in [0.29, 0.717) is 29.5 Å². The van der Waals surface area contributed by atoms with Gasteiger partial charge in [-0.3, -0.25) is 14.6 Å². The van der Waals surface area contributed by atoms with Crippen LogP contribution in [-0.4, -0.2) is 36.3 Å². The van der Waals surface area contributed by atoms with Gasteiger partial charge in [-0.1, -0.05) is 18.2 Å². The van der Waals surface area contributed by atoms with Crippen molar-refractivity contribution in [3.8, 4) is 16.9 Å². The van der Waals surface area contributed by atoms with Crippen LogP contribution in [0.25, 0.3) is 27.9 Å². The van der Waals surface area contributed by atoms with Crippen LogP contribution in [0.15, 0.2) is 102 Å². The maximum absolute atomic E-state index is 13.4. The minimum atomic E-state index is -0.472. The maximum atomic E-state index is 13.4. The molecule has 6 aromatic rings. The number of aldehydes is 1. The first-order valence-electron chi connectivity index (χ1n) is 13.0. The van der Waals surface area contributed by atoms with Gasteiger partial charge in [-0.2, -0.15) is 0 Å². The van der Waals surface area contributed by atoms with E-state index in [4.69, 9.17) is 9.40 Å². The molecule has 9 heteroatoms. The van der Waals surface area contributed by atoms with Crippen molar-refractivity contribution in [2.75, 3.05) is 0 Å². The highest BCUT2D eigenvalue weighted by molar-refractivity contribution is 5.97. The van der Waals surface area contributed by atoms with E-state index in [9.17, 15) is 9.59 Å². The number of amides is 1. The number of benzene rings is 2. The molecule has 4 aromatic heterocycles. The van der Waals surface area contributed by atoms with Gasteiger partial charge in [0, 0.05) is 53.9 Å². The fourth-order valence-electron chi connectivity index (χ4n) is 4.86. The van der Waals surface area contributed by atoms with Crippen molar-refractivity contribution >= 4 is 23.2 Å². The molecule has 6 rings (SSSR count). The summed E-state index contributed by atoms with van der Waals surface area (Å²) in [6, 6.07) is 20.1. The highest BCUT2D eigenvalue weighted by atomic mass is 16.3. The lowest BCUT2D eigenvalue weighted by Crippen LogP contribution is -2.32. The maximum Gasteiger partial charge on any atom is 0.287 e. The van der Waals surface area contributed by atoms with Crippen molar-refractivity contribution in [2.24, 2.45) is 0 Å². The number of fused-ring (bicyclic) bond motifs is 1. The topological polar surface area (TPSA) is 108 Å². The SMILES string of the molecule is CCn1c(-c2ccc(-n3ccnc3)cc2)cnc1C(Cc1ccccn1)NC(=O)c1cc2cc(C=O)ccc2o1. The average Bonchev–Trinajstić information content (AvgIpc) is 3.76. The van der Waals surface area contributed by atoms with E-state index in [2.05, 4.69) is 38.9 Å². The average molecular weight is 531 g/mol. The summed E-state index contributed by atoms with van der Waals surface area (Å²) in [5.74, 6) is 0.505. The number of aromatic nitrogens is 5. The Morgan fingerprint density at radius 3 is 2.65 bits per heavy atom. The summed E-state index contributed by atoms with van der Waals surface area (Å²) in [4.78, 5) is 38.0. The summed E-state index contributed by atoms with van der Waals surface area (Å²) < 4.78 is 9.87. The number of carbonyl (C=O) groups excluding carboxylic acids is 2. The summed E-state index contributed by atoms with van der Waals surface area (Å²) in [5, 5.41) is 3.81. The third-order valence-electron chi connectivity index (χ3n) is 6.82. The van der Waals surface area contributed by atoms with E-state index < -0.39 is 6.04 Å². The Balaban J connectivity index is 1.33. The fourth-order valence-corrected chi connectivity index (χ4v) is 4.86. The van der Waals surface area contributed by atoms with Crippen LogP contribution in [0, 0.1) is 0 Å². The third-order valence-corrected chi connectivity index (χ3v) is 6.82. The Kier molecular flexibility index (Phi) is 6.76. The molecule has 0 fully saturated rings. The second kappa shape index (κ2) is 10.8. The van der Waals surface area contributed by atoms with E-state index in [0.717, 1.165) is 34.7 Å². The van der Waals surface area contributed by atoms with Crippen LogP contribution in [-0.2, 0) is 13.0 Å². The smallest absolute Gasteiger partial charge is 0.287 e. The van der Waals surface area contributed by atoms with Gasteiger partial charge in [0.05, 0.1) is 24.3 Å². The van der Waals surface area contributed by atoms with Crippen LogP contribution in [0.1, 0.15) is 45.4 Å². The van der Waals surface area contributed by atoms with Gasteiger partial charge in [0.15, 0.2) is 5.76 Å². The van der Waals surface area contributed by atoms with Crippen molar-refractivity contribution < 1.29 is 14.0 Å². The molecule has 0 aliphatic carbocycles. The predicted octanol–water partition coefficient (Wildman–Crippen LogP) is 5.42. The molecule has 198 valence electrons. The minimum Gasteiger partial charge on any atom is -0.451 e. The number of carbonyl (C=O) groups is 2. The molecule has 40 heavy (non-hydrogen) atoms. The van der Waals surface area contributed by atoms with Crippen LogP contribution in [0.4, 0.5) is 0 Å². The molecule has 0 radical (unpaired) electrons. The first-order chi connectivity index (χ1) is 19.6. The van der Waals surface area contributed by atoms with Crippen molar-refractivity contribution in [1.29, 1.82) is 0 Å². The molecule has 1 atom stereocenters. The van der Waals surface area contributed by atoms with Crippen molar-refractivity contribution in [1.82, 2.24) is 29.4 Å². The number of hydrogen-bond donors (Lipinski definition) is 1. The number of imidazole rings is 2. The second-order valence-electron chi connectivity index (χ2n) is 9.34. The summed E-state index contributed by atoms with van der Waals surface area (Å²) >= 11 is 0. The van der Waals surface area contributed by atoms with Crippen LogP contribution in [0.5, 0.6) is 0 Å². The zero-order valence-electron chi connectivity index (χ0n) is 21.8. The largest absolute Gasteiger partial charge is 0.451 e. The van der Waals surface area contributed by atoms with Gasteiger partial charge in [-0.05, 0) is 61.0 Å². The van der Waals surface area contributed by atoms with Crippen molar-refractivity contribution in [3.05, 3.63) is 121 Å². The lowest BCUT2D eigenvalue weighted by Gasteiger charge is -2.20. The van der Waals surface area contributed by atoms with Gasteiger partial charge >= 0.3 is 0 Å². The Hall–Kier alpha value is -5.31. The Morgan fingerprint density at radius 1 is 1.05 bits per heavy atom. The molecule has 0 saturated carbocycles. The second-order valence-corrected chi connectivity index (χ2v) is 9.34. The van der Waals surface area contributed by atoms with Gasteiger partial charge in [0.1, 0.15) is 17.7 Å². The molecule has 0 aliphatic rings. The van der Waals surface area contributed by atoms with Crippen LogP contribution < -0.4 is 5.32 Å². The lowest BCUT2D eigenvalue weighted by atomic mass is 10.1. The first-order valence-corrected chi connectivity index (χ1v) is 13.0. The standard InChI is InChI=1S/C31H26N6O3/c1-2-37-27(22-7-9-25(10-8-22)36-14-13-32-20-36)18-34-30(37)26(17-24-5-3-4-12-33-24)35-31(39)29-16-23-15-21(19-38)6-11-28(23)40-29/h3-16,18-20,26H,2,17H2,1H3,(H,35,39). The highest BCUT2D eigenvalue weighted by Crippen LogP contribution is 2.27. The molecule has 0 bridgehead atoms. The molecule has 1 unspecified atom stereocenters. The van der Waals surface area contributed by atoms with Crippen LogP contribution in [0.2, 0.25) is 0 Å². The highest BCUT2D eigenvalue weighted by Gasteiger charge is 2.25. The van der Waals surface area contributed by atoms with Gasteiger partial charge < -0.3 is 18.9 Å². The van der Waals surface area contributed by atoms with E-state index in [1.807, 2.05) is 47.3 Å².